The average molecular weight is 339 g/mol. The summed E-state index contributed by atoms with van der Waals surface area (Å²) in [5, 5.41) is 11.5. The van der Waals surface area contributed by atoms with Crippen molar-refractivity contribution in [2.24, 2.45) is 7.05 Å². The van der Waals surface area contributed by atoms with Crippen LogP contribution in [0.15, 0.2) is 36.4 Å². The molecule has 3 rings (SSSR count). The molecule has 25 heavy (non-hydrogen) atoms. The van der Waals surface area contributed by atoms with Crippen LogP contribution in [0.2, 0.25) is 0 Å². The molecule has 7 heteroatoms. The summed E-state index contributed by atoms with van der Waals surface area (Å²) in [5.74, 6) is -0.0290. The highest BCUT2D eigenvalue weighted by Gasteiger charge is 2.24. The third-order valence-electron chi connectivity index (χ3n) is 4.07. The molecule has 0 amide bonds. The molecule has 0 fully saturated rings. The van der Waals surface area contributed by atoms with Crippen molar-refractivity contribution in [2.45, 2.75) is 13.8 Å². The standard InChI is InChI=1S/C18H17N3O4/c1-4-25-18(22)12-8-6-10-14-15(12)19-17(20(14)3)13-9-5-7-11(2)16(13)21(23)24/h5-10H,4H2,1-3H3. The van der Waals surface area contributed by atoms with Gasteiger partial charge in [0.25, 0.3) is 5.69 Å². The van der Waals surface area contributed by atoms with Crippen LogP contribution in [-0.4, -0.2) is 27.1 Å². The smallest absolute Gasteiger partial charge is 0.340 e. The van der Waals surface area contributed by atoms with Crippen LogP contribution >= 0.6 is 0 Å². The first kappa shape index (κ1) is 16.6. The molecule has 0 unspecified atom stereocenters. The fourth-order valence-electron chi connectivity index (χ4n) is 2.91. The third kappa shape index (κ3) is 2.73. The van der Waals surface area contributed by atoms with Gasteiger partial charge in [0.15, 0.2) is 0 Å². The molecule has 0 aliphatic carbocycles. The first-order chi connectivity index (χ1) is 12.0. The number of rotatable bonds is 4. The highest BCUT2D eigenvalue weighted by Crippen LogP contribution is 2.34. The molecule has 7 nitrogen and oxygen atoms in total. The maximum absolute atomic E-state index is 12.2. The van der Waals surface area contributed by atoms with Crippen molar-refractivity contribution >= 4 is 22.7 Å². The lowest BCUT2D eigenvalue weighted by Gasteiger charge is -2.05. The first-order valence-corrected chi connectivity index (χ1v) is 7.82. The number of para-hydroxylation sites is 2. The van der Waals surface area contributed by atoms with Gasteiger partial charge in [-0.05, 0) is 32.0 Å². The van der Waals surface area contributed by atoms with Crippen LogP contribution in [0.5, 0.6) is 0 Å². The van der Waals surface area contributed by atoms with Gasteiger partial charge < -0.3 is 9.30 Å². The molecule has 0 saturated carbocycles. The second-order valence-corrected chi connectivity index (χ2v) is 5.62. The number of ether oxygens (including phenoxy) is 1. The number of aromatic nitrogens is 2. The molecule has 0 N–H and O–H groups in total. The maximum atomic E-state index is 12.2. The summed E-state index contributed by atoms with van der Waals surface area (Å²) in [6.07, 6.45) is 0. The highest BCUT2D eigenvalue weighted by molar-refractivity contribution is 6.03. The molecule has 0 saturated heterocycles. The Kier molecular flexibility index (Phi) is 4.22. The molecule has 0 atom stereocenters. The number of aryl methyl sites for hydroxylation is 2. The minimum atomic E-state index is -0.462. The van der Waals surface area contributed by atoms with Gasteiger partial charge in [-0.3, -0.25) is 10.1 Å². The van der Waals surface area contributed by atoms with Gasteiger partial charge in [-0.1, -0.05) is 18.2 Å². The quantitative estimate of drug-likeness (QED) is 0.411. The molecule has 3 aromatic rings. The number of hydrogen-bond acceptors (Lipinski definition) is 5. The first-order valence-electron chi connectivity index (χ1n) is 7.82. The van der Waals surface area contributed by atoms with Gasteiger partial charge in [-0.25, -0.2) is 9.78 Å². The monoisotopic (exact) mass is 339 g/mol. The van der Waals surface area contributed by atoms with Gasteiger partial charge >= 0.3 is 5.97 Å². The SMILES string of the molecule is CCOC(=O)c1cccc2c1nc(-c1cccc(C)c1[N+](=O)[O-])n2C. The second kappa shape index (κ2) is 6.35. The summed E-state index contributed by atoms with van der Waals surface area (Å²) in [5.41, 5.74) is 2.50. The Morgan fingerprint density at radius 3 is 2.68 bits per heavy atom. The van der Waals surface area contributed by atoms with E-state index in [0.717, 1.165) is 0 Å². The Labute approximate surface area is 144 Å². The number of carbonyl (C=O) groups is 1. The molecule has 0 radical (unpaired) electrons. The zero-order chi connectivity index (χ0) is 18.1. The number of carbonyl (C=O) groups excluding carboxylic acids is 1. The van der Waals surface area contributed by atoms with Crippen molar-refractivity contribution in [3.05, 3.63) is 57.6 Å². The summed E-state index contributed by atoms with van der Waals surface area (Å²) in [7, 11) is 1.77. The Bertz CT molecular complexity index is 991. The van der Waals surface area contributed by atoms with Crippen LogP contribution in [0, 0.1) is 17.0 Å². The van der Waals surface area contributed by atoms with Crippen LogP contribution in [-0.2, 0) is 11.8 Å². The zero-order valence-corrected chi connectivity index (χ0v) is 14.1. The predicted molar refractivity (Wildman–Crippen MR) is 93.5 cm³/mol. The van der Waals surface area contributed by atoms with E-state index in [-0.39, 0.29) is 12.3 Å². The molecular formula is C18H17N3O4. The molecule has 0 aliphatic heterocycles. The van der Waals surface area contributed by atoms with Crippen molar-refractivity contribution in [1.29, 1.82) is 0 Å². The topological polar surface area (TPSA) is 87.3 Å². The number of nitro groups is 1. The minimum Gasteiger partial charge on any atom is -0.462 e. The summed E-state index contributed by atoms with van der Waals surface area (Å²) < 4.78 is 6.83. The predicted octanol–water partition coefficient (Wildman–Crippen LogP) is 3.63. The van der Waals surface area contributed by atoms with E-state index in [4.69, 9.17) is 4.74 Å². The van der Waals surface area contributed by atoms with Crippen molar-refractivity contribution < 1.29 is 14.5 Å². The highest BCUT2D eigenvalue weighted by atomic mass is 16.6. The van der Waals surface area contributed by atoms with E-state index in [1.807, 2.05) is 6.07 Å². The molecule has 128 valence electrons. The van der Waals surface area contributed by atoms with E-state index >= 15 is 0 Å². The maximum Gasteiger partial charge on any atom is 0.340 e. The molecule has 1 aromatic heterocycles. The summed E-state index contributed by atoms with van der Waals surface area (Å²) in [6.45, 7) is 3.69. The molecule has 0 spiro atoms. The normalized spacial score (nSPS) is 10.8. The lowest BCUT2D eigenvalue weighted by atomic mass is 10.1. The fourth-order valence-corrected chi connectivity index (χ4v) is 2.91. The summed E-state index contributed by atoms with van der Waals surface area (Å²) >= 11 is 0. The number of hydrogen-bond donors (Lipinski definition) is 0. The van der Waals surface area contributed by atoms with Crippen molar-refractivity contribution in [3.63, 3.8) is 0 Å². The number of fused-ring (bicyclic) bond motifs is 1. The van der Waals surface area contributed by atoms with E-state index in [9.17, 15) is 14.9 Å². The Morgan fingerprint density at radius 2 is 2.00 bits per heavy atom. The van der Waals surface area contributed by atoms with Crippen LogP contribution in [0.3, 0.4) is 0 Å². The van der Waals surface area contributed by atoms with E-state index in [1.165, 1.54) is 0 Å². The van der Waals surface area contributed by atoms with Gasteiger partial charge in [0.2, 0.25) is 0 Å². The number of nitro benzene ring substituents is 1. The number of imidazole rings is 1. The van der Waals surface area contributed by atoms with Crippen molar-refractivity contribution in [3.8, 4) is 11.4 Å². The minimum absolute atomic E-state index is 0.0126. The average Bonchev–Trinajstić information content (AvgIpc) is 2.91. The Hall–Kier alpha value is -3.22. The molecule has 0 aliphatic rings. The largest absolute Gasteiger partial charge is 0.462 e. The van der Waals surface area contributed by atoms with E-state index < -0.39 is 10.9 Å². The lowest BCUT2D eigenvalue weighted by Crippen LogP contribution is -2.05. The number of esters is 1. The third-order valence-corrected chi connectivity index (χ3v) is 4.07. The molecule has 0 bridgehead atoms. The molecular weight excluding hydrogens is 322 g/mol. The van der Waals surface area contributed by atoms with Crippen LogP contribution < -0.4 is 0 Å². The van der Waals surface area contributed by atoms with Crippen LogP contribution in [0.25, 0.3) is 22.4 Å². The number of nitrogens with zero attached hydrogens (tertiary/aromatic N) is 3. The van der Waals surface area contributed by atoms with E-state index in [1.54, 1.807) is 55.8 Å². The zero-order valence-electron chi connectivity index (χ0n) is 14.1. The number of benzene rings is 2. The lowest BCUT2D eigenvalue weighted by molar-refractivity contribution is -0.384. The van der Waals surface area contributed by atoms with Crippen molar-refractivity contribution in [1.82, 2.24) is 9.55 Å². The van der Waals surface area contributed by atoms with Crippen molar-refractivity contribution in [2.75, 3.05) is 6.61 Å². The molecule has 1 heterocycles. The molecule has 2 aromatic carbocycles. The second-order valence-electron chi connectivity index (χ2n) is 5.62. The van der Waals surface area contributed by atoms with Gasteiger partial charge in [-0.15, -0.1) is 0 Å². The van der Waals surface area contributed by atoms with Crippen LogP contribution in [0.1, 0.15) is 22.8 Å². The van der Waals surface area contributed by atoms with Gasteiger partial charge in [0, 0.05) is 12.6 Å². The van der Waals surface area contributed by atoms with Gasteiger partial charge in [0.1, 0.15) is 11.3 Å². The summed E-state index contributed by atoms with van der Waals surface area (Å²) in [6, 6.07) is 10.3. The van der Waals surface area contributed by atoms with E-state index in [0.29, 0.717) is 33.5 Å². The van der Waals surface area contributed by atoms with Gasteiger partial charge in [-0.2, -0.15) is 0 Å². The fraction of sp³-hybridized carbons (Fsp3) is 0.222. The van der Waals surface area contributed by atoms with Crippen LogP contribution in [0.4, 0.5) is 5.69 Å². The van der Waals surface area contributed by atoms with Gasteiger partial charge in [0.05, 0.1) is 28.2 Å². The summed E-state index contributed by atoms with van der Waals surface area (Å²) in [4.78, 5) is 27.8. The Balaban J connectivity index is 2.28. The Morgan fingerprint density at radius 1 is 1.28 bits per heavy atom. The van der Waals surface area contributed by atoms with E-state index in [2.05, 4.69) is 4.98 Å².